The molecule has 1 unspecified atom stereocenters. The number of hydrogen-bond donors (Lipinski definition) is 2. The summed E-state index contributed by atoms with van der Waals surface area (Å²) in [7, 11) is 1.51. The summed E-state index contributed by atoms with van der Waals surface area (Å²) in [5.41, 5.74) is 6.14. The molecule has 3 nitrogen and oxygen atoms in total. The van der Waals surface area contributed by atoms with Gasteiger partial charge in [-0.15, -0.1) is 0 Å². The summed E-state index contributed by atoms with van der Waals surface area (Å²) < 4.78 is 17.4. The van der Waals surface area contributed by atoms with E-state index < -0.39 is 11.9 Å². The molecule has 13 heavy (non-hydrogen) atoms. The Morgan fingerprint density at radius 1 is 1.62 bits per heavy atom. The van der Waals surface area contributed by atoms with Crippen LogP contribution in [0.3, 0.4) is 0 Å². The van der Waals surface area contributed by atoms with Gasteiger partial charge in [-0.05, 0) is 6.07 Å². The van der Waals surface area contributed by atoms with Gasteiger partial charge in [0.1, 0.15) is 11.6 Å². The number of halogens is 1. The number of rotatable bonds is 3. The molecule has 1 aromatic carbocycles. The molecule has 1 atom stereocenters. The molecule has 0 aliphatic rings. The van der Waals surface area contributed by atoms with Crippen molar-refractivity contribution in [2.24, 2.45) is 5.73 Å². The van der Waals surface area contributed by atoms with Crippen LogP contribution in [-0.2, 0) is 4.74 Å². The maximum Gasteiger partial charge on any atom is 0.126 e. The third-order valence-electron chi connectivity index (χ3n) is 1.74. The highest BCUT2D eigenvalue weighted by molar-refractivity contribution is 5.35. The lowest BCUT2D eigenvalue weighted by atomic mass is 10.1. The van der Waals surface area contributed by atoms with E-state index in [9.17, 15) is 9.50 Å². The van der Waals surface area contributed by atoms with Crippen molar-refractivity contribution in [3.05, 3.63) is 29.6 Å². The molecule has 0 aromatic heterocycles. The van der Waals surface area contributed by atoms with Gasteiger partial charge in [-0.25, -0.2) is 4.39 Å². The van der Waals surface area contributed by atoms with Crippen molar-refractivity contribution < 1.29 is 14.2 Å². The highest BCUT2D eigenvalue weighted by Crippen LogP contribution is 2.23. The Labute approximate surface area is 75.9 Å². The molecular formula is C9H12FNO2. The zero-order valence-corrected chi connectivity index (χ0v) is 7.33. The standard InChI is InChI=1S/C9H12FNO2/c1-13-5-8(11)7-3-2-6(10)4-9(7)12/h2-4,8,12H,5,11H2,1H3. The Kier molecular flexibility index (Phi) is 3.22. The van der Waals surface area contributed by atoms with Crippen LogP contribution in [0, 0.1) is 5.82 Å². The molecule has 4 heteroatoms. The Balaban J connectivity index is 2.88. The zero-order chi connectivity index (χ0) is 9.84. The van der Waals surface area contributed by atoms with Crippen LogP contribution in [0.1, 0.15) is 11.6 Å². The van der Waals surface area contributed by atoms with Crippen molar-refractivity contribution >= 4 is 0 Å². The second-order valence-corrected chi connectivity index (χ2v) is 2.76. The molecule has 0 fully saturated rings. The molecule has 72 valence electrons. The second-order valence-electron chi connectivity index (χ2n) is 2.76. The van der Waals surface area contributed by atoms with E-state index in [4.69, 9.17) is 10.5 Å². The first-order valence-electron chi connectivity index (χ1n) is 3.88. The minimum absolute atomic E-state index is 0.135. The fourth-order valence-corrected chi connectivity index (χ4v) is 1.10. The van der Waals surface area contributed by atoms with Gasteiger partial charge in [0.2, 0.25) is 0 Å². The fourth-order valence-electron chi connectivity index (χ4n) is 1.10. The van der Waals surface area contributed by atoms with Crippen LogP contribution in [0.2, 0.25) is 0 Å². The lowest BCUT2D eigenvalue weighted by Crippen LogP contribution is -2.16. The van der Waals surface area contributed by atoms with Crippen LogP contribution >= 0.6 is 0 Å². The first-order valence-corrected chi connectivity index (χ1v) is 3.88. The van der Waals surface area contributed by atoms with Crippen molar-refractivity contribution in [3.63, 3.8) is 0 Å². The van der Waals surface area contributed by atoms with Crippen LogP contribution in [0.15, 0.2) is 18.2 Å². The molecule has 0 saturated heterocycles. The second kappa shape index (κ2) is 4.20. The van der Waals surface area contributed by atoms with E-state index in [0.717, 1.165) is 6.07 Å². The van der Waals surface area contributed by atoms with Crippen molar-refractivity contribution in [1.29, 1.82) is 0 Å². The number of benzene rings is 1. The van der Waals surface area contributed by atoms with E-state index in [2.05, 4.69) is 0 Å². The lowest BCUT2D eigenvalue weighted by molar-refractivity contribution is 0.179. The Hall–Kier alpha value is -1.13. The molecule has 1 aromatic rings. The molecule has 0 amide bonds. The summed E-state index contributed by atoms with van der Waals surface area (Å²) in [6, 6.07) is 3.31. The van der Waals surface area contributed by atoms with Crippen molar-refractivity contribution in [2.75, 3.05) is 13.7 Å². The van der Waals surface area contributed by atoms with Crippen molar-refractivity contribution in [2.45, 2.75) is 6.04 Å². The minimum atomic E-state index is -0.481. The Bertz CT molecular complexity index is 291. The van der Waals surface area contributed by atoms with Gasteiger partial charge in [0.25, 0.3) is 0 Å². The number of ether oxygens (including phenoxy) is 1. The summed E-state index contributed by atoms with van der Waals surface area (Å²) in [5, 5.41) is 9.31. The SMILES string of the molecule is COCC(N)c1ccc(F)cc1O. The number of phenolic OH excluding ortho intramolecular Hbond substituents is 1. The number of aromatic hydroxyl groups is 1. The third kappa shape index (κ3) is 2.40. The quantitative estimate of drug-likeness (QED) is 0.743. The largest absolute Gasteiger partial charge is 0.508 e. The van der Waals surface area contributed by atoms with Gasteiger partial charge < -0.3 is 15.6 Å². The highest BCUT2D eigenvalue weighted by Gasteiger charge is 2.10. The molecule has 0 radical (unpaired) electrons. The van der Waals surface area contributed by atoms with Gasteiger partial charge >= 0.3 is 0 Å². The monoisotopic (exact) mass is 185 g/mol. The van der Waals surface area contributed by atoms with E-state index in [1.807, 2.05) is 0 Å². The summed E-state index contributed by atoms with van der Waals surface area (Å²) in [4.78, 5) is 0. The van der Waals surface area contributed by atoms with Crippen molar-refractivity contribution in [1.82, 2.24) is 0 Å². The predicted molar refractivity (Wildman–Crippen MR) is 46.9 cm³/mol. The van der Waals surface area contributed by atoms with Gasteiger partial charge in [0.05, 0.1) is 12.6 Å². The van der Waals surface area contributed by atoms with E-state index >= 15 is 0 Å². The first-order chi connectivity index (χ1) is 6.15. The van der Waals surface area contributed by atoms with Gasteiger partial charge in [-0.3, -0.25) is 0 Å². The molecule has 1 rings (SSSR count). The predicted octanol–water partition coefficient (Wildman–Crippen LogP) is 1.18. The fraction of sp³-hybridized carbons (Fsp3) is 0.333. The molecule has 0 aliphatic heterocycles. The Morgan fingerprint density at radius 2 is 2.31 bits per heavy atom. The number of phenols is 1. The molecule has 0 saturated carbocycles. The first kappa shape index (κ1) is 9.95. The van der Waals surface area contributed by atoms with Crippen LogP contribution in [0.5, 0.6) is 5.75 Å². The number of nitrogens with two attached hydrogens (primary N) is 1. The van der Waals surface area contributed by atoms with Gasteiger partial charge in [0, 0.05) is 18.7 Å². The van der Waals surface area contributed by atoms with E-state index in [0.29, 0.717) is 12.2 Å². The molecule has 0 heterocycles. The van der Waals surface area contributed by atoms with E-state index in [1.54, 1.807) is 0 Å². The van der Waals surface area contributed by atoms with Crippen LogP contribution < -0.4 is 5.73 Å². The van der Waals surface area contributed by atoms with E-state index in [-0.39, 0.29) is 5.75 Å². The average Bonchev–Trinajstić information content (AvgIpc) is 2.04. The van der Waals surface area contributed by atoms with Crippen LogP contribution in [0.25, 0.3) is 0 Å². The van der Waals surface area contributed by atoms with Gasteiger partial charge in [0.15, 0.2) is 0 Å². The Morgan fingerprint density at radius 3 is 2.85 bits per heavy atom. The molecule has 0 bridgehead atoms. The topological polar surface area (TPSA) is 55.5 Å². The van der Waals surface area contributed by atoms with Gasteiger partial charge in [-0.2, -0.15) is 0 Å². The molecular weight excluding hydrogens is 173 g/mol. The molecule has 3 N–H and O–H groups in total. The van der Waals surface area contributed by atoms with Gasteiger partial charge in [-0.1, -0.05) is 6.07 Å². The smallest absolute Gasteiger partial charge is 0.126 e. The van der Waals surface area contributed by atoms with Crippen LogP contribution in [-0.4, -0.2) is 18.8 Å². The summed E-state index contributed by atoms with van der Waals surface area (Å²) in [6.07, 6.45) is 0. The minimum Gasteiger partial charge on any atom is -0.508 e. The zero-order valence-electron chi connectivity index (χ0n) is 7.33. The van der Waals surface area contributed by atoms with E-state index in [1.165, 1.54) is 19.2 Å². The summed E-state index contributed by atoms with van der Waals surface area (Å²) >= 11 is 0. The van der Waals surface area contributed by atoms with Crippen molar-refractivity contribution in [3.8, 4) is 5.75 Å². The molecule has 0 aliphatic carbocycles. The normalized spacial score (nSPS) is 12.8. The maximum atomic E-state index is 12.6. The maximum absolute atomic E-state index is 12.6. The van der Waals surface area contributed by atoms with Crippen LogP contribution in [0.4, 0.5) is 4.39 Å². The third-order valence-corrected chi connectivity index (χ3v) is 1.74. The summed E-state index contributed by atoms with van der Waals surface area (Å²) in [6.45, 7) is 0.291. The lowest BCUT2D eigenvalue weighted by Gasteiger charge is -2.12. The average molecular weight is 185 g/mol. The molecule has 0 spiro atoms. The summed E-state index contributed by atoms with van der Waals surface area (Å²) in [5.74, 6) is -0.615. The number of methoxy groups -OCH3 is 1. The highest BCUT2D eigenvalue weighted by atomic mass is 19.1. The number of hydrogen-bond acceptors (Lipinski definition) is 3.